The average Bonchev–Trinajstić information content (AvgIpc) is 2.30. The zero-order chi connectivity index (χ0) is 14.7. The lowest BCUT2D eigenvalue weighted by molar-refractivity contribution is 0.00881. The van der Waals surface area contributed by atoms with Crippen LogP contribution < -0.4 is 0 Å². The second-order valence-corrected chi connectivity index (χ2v) is 5.01. The molecule has 0 aromatic carbocycles. The lowest BCUT2D eigenvalue weighted by Crippen LogP contribution is -2.38. The van der Waals surface area contributed by atoms with E-state index in [1.807, 2.05) is 27.7 Å². The summed E-state index contributed by atoms with van der Waals surface area (Å²) in [6.45, 7) is 10.2. The van der Waals surface area contributed by atoms with Gasteiger partial charge in [0.25, 0.3) is 0 Å². The maximum Gasteiger partial charge on any atom is 0.410 e. The Morgan fingerprint density at radius 1 is 1.11 bits per heavy atom. The summed E-state index contributed by atoms with van der Waals surface area (Å²) >= 11 is 0. The van der Waals surface area contributed by atoms with Crippen molar-refractivity contribution in [1.29, 1.82) is 0 Å². The van der Waals surface area contributed by atoms with Gasteiger partial charge in [0.1, 0.15) is 5.60 Å². The zero-order valence-corrected chi connectivity index (χ0v) is 12.5. The Morgan fingerprint density at radius 2 is 1.68 bits per heavy atom. The van der Waals surface area contributed by atoms with Crippen molar-refractivity contribution in [2.45, 2.75) is 33.3 Å². The SMILES string of the molecule is CCN(CCOCCOCCO)C(=O)OC(C)(C)C. The number of likely N-dealkylation sites (N-methyl/N-ethyl adjacent to an activating group) is 1. The highest BCUT2D eigenvalue weighted by molar-refractivity contribution is 5.68. The summed E-state index contributed by atoms with van der Waals surface area (Å²) in [5, 5.41) is 8.50. The van der Waals surface area contributed by atoms with Crippen molar-refractivity contribution in [2.24, 2.45) is 0 Å². The summed E-state index contributed by atoms with van der Waals surface area (Å²) in [5.41, 5.74) is -0.483. The maximum atomic E-state index is 11.8. The predicted molar refractivity (Wildman–Crippen MR) is 72.2 cm³/mol. The van der Waals surface area contributed by atoms with E-state index in [1.54, 1.807) is 4.90 Å². The fourth-order valence-electron chi connectivity index (χ4n) is 1.27. The van der Waals surface area contributed by atoms with E-state index in [1.165, 1.54) is 0 Å². The molecule has 0 spiro atoms. The minimum absolute atomic E-state index is 0.0161. The molecule has 0 aromatic rings. The molecular weight excluding hydrogens is 250 g/mol. The van der Waals surface area contributed by atoms with Gasteiger partial charge in [-0.3, -0.25) is 0 Å². The van der Waals surface area contributed by atoms with Gasteiger partial charge in [-0.2, -0.15) is 0 Å². The van der Waals surface area contributed by atoms with Gasteiger partial charge in [-0.1, -0.05) is 0 Å². The van der Waals surface area contributed by atoms with Gasteiger partial charge in [0.05, 0.1) is 33.0 Å². The Bertz CT molecular complexity index is 240. The largest absolute Gasteiger partial charge is 0.444 e. The minimum atomic E-state index is -0.483. The number of hydrogen-bond acceptors (Lipinski definition) is 5. The molecule has 0 saturated carbocycles. The number of aliphatic hydroxyl groups excluding tert-OH is 1. The van der Waals surface area contributed by atoms with Crippen LogP contribution in [0.1, 0.15) is 27.7 Å². The number of hydrogen-bond donors (Lipinski definition) is 1. The number of carbonyl (C=O) groups excluding carboxylic acids is 1. The molecule has 0 rings (SSSR count). The first-order valence-corrected chi connectivity index (χ1v) is 6.65. The molecular formula is C13H27NO5. The third-order valence-electron chi connectivity index (χ3n) is 2.15. The molecule has 0 radical (unpaired) electrons. The third kappa shape index (κ3) is 10.7. The number of ether oxygens (including phenoxy) is 3. The van der Waals surface area contributed by atoms with Crippen LogP contribution in [0, 0.1) is 0 Å². The molecule has 19 heavy (non-hydrogen) atoms. The molecule has 114 valence electrons. The lowest BCUT2D eigenvalue weighted by atomic mass is 10.2. The van der Waals surface area contributed by atoms with Gasteiger partial charge in [-0.05, 0) is 27.7 Å². The van der Waals surface area contributed by atoms with Gasteiger partial charge >= 0.3 is 6.09 Å². The molecule has 6 nitrogen and oxygen atoms in total. The fourth-order valence-corrected chi connectivity index (χ4v) is 1.27. The van der Waals surface area contributed by atoms with Crippen LogP contribution >= 0.6 is 0 Å². The molecule has 0 fully saturated rings. The second kappa shape index (κ2) is 10.00. The molecule has 1 amide bonds. The summed E-state index contributed by atoms with van der Waals surface area (Å²) in [5.74, 6) is 0. The first-order chi connectivity index (χ1) is 8.90. The Kier molecular flexibility index (Phi) is 9.55. The van der Waals surface area contributed by atoms with Crippen molar-refractivity contribution in [3.05, 3.63) is 0 Å². The Balaban J connectivity index is 3.73. The molecule has 0 saturated heterocycles. The molecule has 0 aromatic heterocycles. The monoisotopic (exact) mass is 277 g/mol. The smallest absolute Gasteiger partial charge is 0.410 e. The van der Waals surface area contributed by atoms with E-state index in [9.17, 15) is 4.79 Å². The average molecular weight is 277 g/mol. The first-order valence-electron chi connectivity index (χ1n) is 6.65. The number of amides is 1. The number of rotatable bonds is 9. The van der Waals surface area contributed by atoms with Crippen LogP contribution in [-0.4, -0.2) is 67.8 Å². The molecule has 0 aliphatic heterocycles. The Hall–Kier alpha value is -0.850. The first kappa shape index (κ1) is 18.1. The second-order valence-electron chi connectivity index (χ2n) is 5.01. The molecule has 0 heterocycles. The number of aliphatic hydroxyl groups is 1. The number of carbonyl (C=O) groups is 1. The van der Waals surface area contributed by atoms with E-state index in [2.05, 4.69) is 0 Å². The highest BCUT2D eigenvalue weighted by atomic mass is 16.6. The Morgan fingerprint density at radius 3 is 2.16 bits per heavy atom. The quantitative estimate of drug-likeness (QED) is 0.643. The summed E-state index contributed by atoms with van der Waals surface area (Å²) in [6.07, 6.45) is -0.324. The van der Waals surface area contributed by atoms with Gasteiger partial charge < -0.3 is 24.2 Å². The standard InChI is InChI=1S/C13H27NO5/c1-5-14(12(16)19-13(2,3)4)6-8-17-10-11-18-9-7-15/h15H,5-11H2,1-4H3. The summed E-state index contributed by atoms with van der Waals surface area (Å²) in [4.78, 5) is 13.4. The van der Waals surface area contributed by atoms with Crippen LogP contribution in [0.2, 0.25) is 0 Å². The van der Waals surface area contributed by atoms with Gasteiger partial charge in [0.2, 0.25) is 0 Å². The van der Waals surface area contributed by atoms with E-state index < -0.39 is 5.60 Å². The topological polar surface area (TPSA) is 68.2 Å². The van der Waals surface area contributed by atoms with E-state index in [0.29, 0.717) is 39.5 Å². The van der Waals surface area contributed by atoms with E-state index in [4.69, 9.17) is 19.3 Å². The summed E-state index contributed by atoms with van der Waals surface area (Å²) in [7, 11) is 0. The van der Waals surface area contributed by atoms with Crippen molar-refractivity contribution in [3.63, 3.8) is 0 Å². The molecule has 6 heteroatoms. The van der Waals surface area contributed by atoms with Crippen molar-refractivity contribution < 1.29 is 24.1 Å². The molecule has 0 atom stereocenters. The van der Waals surface area contributed by atoms with Gasteiger partial charge in [0, 0.05) is 13.1 Å². The fraction of sp³-hybridized carbons (Fsp3) is 0.923. The highest BCUT2D eigenvalue weighted by Gasteiger charge is 2.20. The van der Waals surface area contributed by atoms with E-state index in [-0.39, 0.29) is 12.7 Å². The van der Waals surface area contributed by atoms with Crippen molar-refractivity contribution in [1.82, 2.24) is 4.90 Å². The van der Waals surface area contributed by atoms with Crippen LogP contribution in [0.15, 0.2) is 0 Å². The van der Waals surface area contributed by atoms with Crippen molar-refractivity contribution in [3.8, 4) is 0 Å². The Labute approximate surface area is 115 Å². The van der Waals surface area contributed by atoms with E-state index >= 15 is 0 Å². The van der Waals surface area contributed by atoms with Crippen molar-refractivity contribution in [2.75, 3.05) is 46.1 Å². The molecule has 0 unspecified atom stereocenters. The normalized spacial score (nSPS) is 11.4. The number of nitrogens with zero attached hydrogens (tertiary/aromatic N) is 1. The molecule has 0 aliphatic carbocycles. The molecule has 0 bridgehead atoms. The minimum Gasteiger partial charge on any atom is -0.444 e. The maximum absolute atomic E-state index is 11.8. The molecule has 0 aliphatic rings. The van der Waals surface area contributed by atoms with Crippen LogP contribution in [0.3, 0.4) is 0 Å². The van der Waals surface area contributed by atoms with Crippen LogP contribution in [0.25, 0.3) is 0 Å². The van der Waals surface area contributed by atoms with Crippen molar-refractivity contribution >= 4 is 6.09 Å². The van der Waals surface area contributed by atoms with Gasteiger partial charge in [-0.25, -0.2) is 4.79 Å². The van der Waals surface area contributed by atoms with Crippen LogP contribution in [0.4, 0.5) is 4.79 Å². The zero-order valence-electron chi connectivity index (χ0n) is 12.5. The van der Waals surface area contributed by atoms with Gasteiger partial charge in [0.15, 0.2) is 0 Å². The highest BCUT2D eigenvalue weighted by Crippen LogP contribution is 2.09. The van der Waals surface area contributed by atoms with Crippen LogP contribution in [-0.2, 0) is 14.2 Å². The predicted octanol–water partition coefficient (Wildman–Crippen LogP) is 1.27. The summed E-state index contributed by atoms with van der Waals surface area (Å²) in [6, 6.07) is 0. The summed E-state index contributed by atoms with van der Waals surface area (Å²) < 4.78 is 15.7. The molecule has 1 N–H and O–H groups in total. The van der Waals surface area contributed by atoms with Crippen LogP contribution in [0.5, 0.6) is 0 Å². The lowest BCUT2D eigenvalue weighted by Gasteiger charge is -2.26. The van der Waals surface area contributed by atoms with E-state index in [0.717, 1.165) is 0 Å². The van der Waals surface area contributed by atoms with Gasteiger partial charge in [-0.15, -0.1) is 0 Å². The third-order valence-corrected chi connectivity index (χ3v) is 2.15.